The van der Waals surface area contributed by atoms with E-state index in [1.807, 2.05) is 27.7 Å². The summed E-state index contributed by atoms with van der Waals surface area (Å²) in [6.45, 7) is 8.04. The third-order valence-electron chi connectivity index (χ3n) is 2.58. The highest BCUT2D eigenvalue weighted by molar-refractivity contribution is 5.88. The summed E-state index contributed by atoms with van der Waals surface area (Å²) in [5.74, 6) is 0.152. The van der Waals surface area contributed by atoms with E-state index in [1.54, 1.807) is 4.90 Å². The number of Topliss-reactive ketones (excluding diaryl/α,β-unsaturated/α-hetero) is 1. The molecule has 1 amide bonds. The van der Waals surface area contributed by atoms with Crippen LogP contribution in [0.4, 0.5) is 4.79 Å². The Morgan fingerprint density at radius 2 is 2.12 bits per heavy atom. The Balaban J connectivity index is 2.70. The summed E-state index contributed by atoms with van der Waals surface area (Å²) < 4.78 is 5.29. The second kappa shape index (κ2) is 4.85. The molecule has 0 N–H and O–H groups in total. The van der Waals surface area contributed by atoms with Crippen molar-refractivity contribution in [3.8, 4) is 0 Å². The number of hydrogen-bond acceptors (Lipinski definition) is 3. The molecular weight excluding hydrogens is 206 g/mol. The number of amides is 1. The van der Waals surface area contributed by atoms with Crippen molar-refractivity contribution in [3.05, 3.63) is 0 Å². The molecule has 0 bridgehead atoms. The summed E-state index contributed by atoms with van der Waals surface area (Å²) in [4.78, 5) is 25.1. The molecule has 0 spiro atoms. The molecule has 0 aromatic heterocycles. The van der Waals surface area contributed by atoms with Crippen LogP contribution < -0.4 is 0 Å². The van der Waals surface area contributed by atoms with Gasteiger partial charge in [-0.2, -0.15) is 0 Å². The highest BCUT2D eigenvalue weighted by atomic mass is 16.6. The molecule has 1 aliphatic heterocycles. The second-order valence-electron chi connectivity index (χ2n) is 5.17. The summed E-state index contributed by atoms with van der Waals surface area (Å²) in [5, 5.41) is 0. The van der Waals surface area contributed by atoms with Gasteiger partial charge in [-0.25, -0.2) is 4.79 Å². The molecule has 1 fully saturated rings. The van der Waals surface area contributed by atoms with Crippen LogP contribution in [0.1, 0.15) is 47.0 Å². The molecule has 1 aliphatic rings. The second-order valence-corrected chi connectivity index (χ2v) is 5.17. The van der Waals surface area contributed by atoms with Crippen LogP contribution in [-0.2, 0) is 9.53 Å². The van der Waals surface area contributed by atoms with Crippen molar-refractivity contribution in [2.75, 3.05) is 6.54 Å². The molecule has 0 aromatic carbocycles. The quantitative estimate of drug-likeness (QED) is 0.691. The maximum Gasteiger partial charge on any atom is 0.410 e. The average molecular weight is 227 g/mol. The molecule has 1 rings (SSSR count). The summed E-state index contributed by atoms with van der Waals surface area (Å²) in [6.07, 6.45) is 1.62. The molecule has 0 aliphatic carbocycles. The van der Waals surface area contributed by atoms with Crippen LogP contribution in [0.15, 0.2) is 0 Å². The number of carbonyl (C=O) groups is 2. The first-order valence-electron chi connectivity index (χ1n) is 5.87. The van der Waals surface area contributed by atoms with E-state index >= 15 is 0 Å². The number of hydrogen-bond donors (Lipinski definition) is 0. The first-order chi connectivity index (χ1) is 7.35. The minimum atomic E-state index is -0.504. The van der Waals surface area contributed by atoms with Gasteiger partial charge in [-0.1, -0.05) is 6.92 Å². The Labute approximate surface area is 96.9 Å². The largest absolute Gasteiger partial charge is 0.444 e. The normalized spacial score (nSPS) is 22.1. The lowest BCUT2D eigenvalue weighted by molar-refractivity contribution is -0.126. The first-order valence-corrected chi connectivity index (χ1v) is 5.87. The maximum absolute atomic E-state index is 11.9. The molecule has 0 saturated carbocycles. The Kier molecular flexibility index (Phi) is 3.94. The van der Waals surface area contributed by atoms with E-state index in [1.165, 1.54) is 0 Å². The molecule has 4 heteroatoms. The van der Waals surface area contributed by atoms with E-state index in [0.717, 1.165) is 6.42 Å². The van der Waals surface area contributed by atoms with E-state index in [2.05, 4.69) is 0 Å². The lowest BCUT2D eigenvalue weighted by Crippen LogP contribution is -2.50. The van der Waals surface area contributed by atoms with Crippen LogP contribution in [0, 0.1) is 0 Å². The van der Waals surface area contributed by atoms with E-state index in [9.17, 15) is 9.59 Å². The summed E-state index contributed by atoms with van der Waals surface area (Å²) in [5.41, 5.74) is -0.504. The topological polar surface area (TPSA) is 46.6 Å². The summed E-state index contributed by atoms with van der Waals surface area (Å²) in [6, 6.07) is -0.288. The van der Waals surface area contributed by atoms with Crippen LogP contribution >= 0.6 is 0 Å². The zero-order valence-corrected chi connectivity index (χ0v) is 10.6. The van der Waals surface area contributed by atoms with Gasteiger partial charge in [0.25, 0.3) is 0 Å². The highest BCUT2D eigenvalue weighted by Crippen LogP contribution is 2.19. The Morgan fingerprint density at radius 3 is 2.62 bits per heavy atom. The van der Waals surface area contributed by atoms with E-state index in [0.29, 0.717) is 19.4 Å². The maximum atomic E-state index is 11.9. The lowest BCUT2D eigenvalue weighted by Gasteiger charge is -2.35. The smallest absolute Gasteiger partial charge is 0.410 e. The zero-order chi connectivity index (χ0) is 12.3. The number of piperidine rings is 1. The predicted molar refractivity (Wildman–Crippen MR) is 61.3 cm³/mol. The van der Waals surface area contributed by atoms with Crippen molar-refractivity contribution < 1.29 is 14.3 Å². The van der Waals surface area contributed by atoms with Gasteiger partial charge in [0.2, 0.25) is 0 Å². The van der Waals surface area contributed by atoms with Gasteiger partial charge in [-0.05, 0) is 33.6 Å². The van der Waals surface area contributed by atoms with Crippen LogP contribution in [0.25, 0.3) is 0 Å². The molecule has 1 atom stereocenters. The van der Waals surface area contributed by atoms with E-state index < -0.39 is 5.60 Å². The van der Waals surface area contributed by atoms with Crippen molar-refractivity contribution in [2.45, 2.75) is 58.6 Å². The molecule has 92 valence electrons. The fraction of sp³-hybridized carbons (Fsp3) is 0.833. The standard InChI is InChI=1S/C12H21NO3/c1-5-9-10(14)7-6-8-13(9)11(15)16-12(2,3)4/h9H,5-8H2,1-4H3/t9-/m0/s1. The molecular formula is C12H21NO3. The van der Waals surface area contributed by atoms with Gasteiger partial charge < -0.3 is 4.74 Å². The molecule has 16 heavy (non-hydrogen) atoms. The first kappa shape index (κ1) is 13.0. The van der Waals surface area contributed by atoms with Gasteiger partial charge in [0, 0.05) is 13.0 Å². The number of carbonyl (C=O) groups excluding carboxylic acids is 2. The number of ketones is 1. The SMILES string of the molecule is CC[C@H]1C(=O)CCCN1C(=O)OC(C)(C)C. The molecule has 0 aromatic rings. The minimum absolute atomic E-state index is 0.152. The number of likely N-dealkylation sites (tertiary alicyclic amines) is 1. The molecule has 1 heterocycles. The number of ether oxygens (including phenoxy) is 1. The molecule has 0 unspecified atom stereocenters. The van der Waals surface area contributed by atoms with Gasteiger partial charge in [0.15, 0.2) is 5.78 Å². The Bertz CT molecular complexity index is 280. The molecule has 0 radical (unpaired) electrons. The monoisotopic (exact) mass is 227 g/mol. The van der Waals surface area contributed by atoms with E-state index in [-0.39, 0.29) is 17.9 Å². The molecule has 1 saturated heterocycles. The third-order valence-corrected chi connectivity index (χ3v) is 2.58. The van der Waals surface area contributed by atoms with Crippen LogP contribution in [-0.4, -0.2) is 35.0 Å². The van der Waals surface area contributed by atoms with Crippen LogP contribution in [0.3, 0.4) is 0 Å². The fourth-order valence-electron chi connectivity index (χ4n) is 1.91. The van der Waals surface area contributed by atoms with Gasteiger partial charge in [0.1, 0.15) is 5.60 Å². The zero-order valence-electron chi connectivity index (χ0n) is 10.6. The Hall–Kier alpha value is -1.06. The van der Waals surface area contributed by atoms with Crippen molar-refractivity contribution in [3.63, 3.8) is 0 Å². The van der Waals surface area contributed by atoms with Gasteiger partial charge in [-0.15, -0.1) is 0 Å². The van der Waals surface area contributed by atoms with Gasteiger partial charge >= 0.3 is 6.09 Å². The summed E-state index contributed by atoms with van der Waals surface area (Å²) in [7, 11) is 0. The van der Waals surface area contributed by atoms with Crippen molar-refractivity contribution in [1.82, 2.24) is 4.90 Å². The lowest BCUT2D eigenvalue weighted by atomic mass is 9.99. The molecule has 4 nitrogen and oxygen atoms in total. The van der Waals surface area contributed by atoms with Crippen LogP contribution in [0.5, 0.6) is 0 Å². The number of nitrogens with zero attached hydrogens (tertiary/aromatic N) is 1. The Morgan fingerprint density at radius 1 is 1.50 bits per heavy atom. The van der Waals surface area contributed by atoms with Crippen molar-refractivity contribution in [2.24, 2.45) is 0 Å². The van der Waals surface area contributed by atoms with Crippen LogP contribution in [0.2, 0.25) is 0 Å². The predicted octanol–water partition coefficient (Wildman–Crippen LogP) is 2.37. The van der Waals surface area contributed by atoms with Gasteiger partial charge in [-0.3, -0.25) is 9.69 Å². The van der Waals surface area contributed by atoms with E-state index in [4.69, 9.17) is 4.74 Å². The third kappa shape index (κ3) is 3.22. The van der Waals surface area contributed by atoms with Crippen molar-refractivity contribution >= 4 is 11.9 Å². The highest BCUT2D eigenvalue weighted by Gasteiger charge is 2.34. The van der Waals surface area contributed by atoms with Crippen molar-refractivity contribution in [1.29, 1.82) is 0 Å². The average Bonchev–Trinajstić information content (AvgIpc) is 2.14. The minimum Gasteiger partial charge on any atom is -0.444 e. The summed E-state index contributed by atoms with van der Waals surface area (Å²) >= 11 is 0. The fourth-order valence-corrected chi connectivity index (χ4v) is 1.91. The number of rotatable bonds is 1. The van der Waals surface area contributed by atoms with Gasteiger partial charge in [0.05, 0.1) is 6.04 Å².